The molecule has 0 fully saturated rings. The minimum absolute atomic E-state index is 0.0911. The maximum absolute atomic E-state index is 12.6. The number of ether oxygens (including phenoxy) is 1. The van der Waals surface area contributed by atoms with Crippen molar-refractivity contribution in [2.45, 2.75) is 24.8 Å². The molecule has 2 atom stereocenters. The number of ketones is 1. The van der Waals surface area contributed by atoms with E-state index in [-0.39, 0.29) is 5.78 Å². The third-order valence-electron chi connectivity index (χ3n) is 3.69. The van der Waals surface area contributed by atoms with Crippen LogP contribution in [0.15, 0.2) is 48.5 Å². The van der Waals surface area contributed by atoms with Crippen LogP contribution in [0, 0.1) is 6.92 Å². The predicted molar refractivity (Wildman–Crippen MR) is 79.6 cm³/mol. The second-order valence-electron chi connectivity index (χ2n) is 5.31. The summed E-state index contributed by atoms with van der Waals surface area (Å²) in [5, 5.41) is 0. The highest BCUT2D eigenvalue weighted by atomic mass is 35.5. The summed E-state index contributed by atoms with van der Waals surface area (Å²) < 4.78 is 5.99. The normalized spacial score (nSPS) is 24.9. The van der Waals surface area contributed by atoms with Gasteiger partial charge >= 0.3 is 0 Å². The molecular weight excluding hydrogens is 272 g/mol. The summed E-state index contributed by atoms with van der Waals surface area (Å²) in [6.45, 7) is 3.74. The fraction of sp³-hybridized carbons (Fsp3) is 0.235. The van der Waals surface area contributed by atoms with Crippen LogP contribution in [0.4, 0.5) is 0 Å². The molecule has 2 aromatic rings. The van der Waals surface area contributed by atoms with Crippen LogP contribution in [0.2, 0.25) is 0 Å². The van der Waals surface area contributed by atoms with Crippen molar-refractivity contribution in [3.05, 3.63) is 65.2 Å². The number of hydrogen-bond acceptors (Lipinski definition) is 2. The van der Waals surface area contributed by atoms with E-state index < -0.39 is 11.0 Å². The van der Waals surface area contributed by atoms with Crippen LogP contribution in [-0.2, 0) is 0 Å². The third kappa shape index (κ3) is 2.01. The lowest BCUT2D eigenvalue weighted by Crippen LogP contribution is -2.42. The number of halogens is 1. The molecule has 1 aliphatic heterocycles. The van der Waals surface area contributed by atoms with Gasteiger partial charge in [0.1, 0.15) is 16.7 Å². The Hall–Kier alpha value is -1.80. The molecule has 20 heavy (non-hydrogen) atoms. The highest BCUT2D eigenvalue weighted by Crippen LogP contribution is 2.44. The van der Waals surface area contributed by atoms with Gasteiger partial charge < -0.3 is 4.74 Å². The first-order valence-electron chi connectivity index (χ1n) is 6.56. The molecule has 0 unspecified atom stereocenters. The Balaban J connectivity index is 2.09. The molecule has 0 N–H and O–H groups in total. The van der Waals surface area contributed by atoms with E-state index in [1.54, 1.807) is 19.1 Å². The lowest BCUT2D eigenvalue weighted by molar-refractivity contribution is 0.0744. The van der Waals surface area contributed by atoms with Crippen LogP contribution >= 0.6 is 11.6 Å². The second-order valence-corrected chi connectivity index (χ2v) is 6.09. The van der Waals surface area contributed by atoms with Gasteiger partial charge in [0, 0.05) is 0 Å². The maximum atomic E-state index is 12.6. The van der Waals surface area contributed by atoms with Gasteiger partial charge in [0.25, 0.3) is 0 Å². The molecule has 2 aromatic carbocycles. The number of aryl methyl sites for hydroxylation is 1. The quantitative estimate of drug-likeness (QED) is 0.730. The van der Waals surface area contributed by atoms with Crippen molar-refractivity contribution < 1.29 is 9.53 Å². The van der Waals surface area contributed by atoms with Crippen LogP contribution in [0.3, 0.4) is 0 Å². The Morgan fingerprint density at radius 3 is 2.45 bits per heavy atom. The number of para-hydroxylation sites is 1. The largest absolute Gasteiger partial charge is 0.483 e. The van der Waals surface area contributed by atoms with E-state index in [4.69, 9.17) is 16.3 Å². The SMILES string of the molecule is Cc1ccc([C@H]2Oc3ccccc3C(=O)[C@]2(C)Cl)cc1. The van der Waals surface area contributed by atoms with Crippen molar-refractivity contribution in [1.29, 1.82) is 0 Å². The van der Waals surface area contributed by atoms with Gasteiger partial charge in [0.2, 0.25) is 0 Å². The molecule has 1 aliphatic rings. The zero-order valence-electron chi connectivity index (χ0n) is 11.4. The van der Waals surface area contributed by atoms with E-state index in [0.29, 0.717) is 11.3 Å². The lowest BCUT2D eigenvalue weighted by Gasteiger charge is -2.36. The maximum Gasteiger partial charge on any atom is 0.191 e. The number of Topliss-reactive ketones (excluding diaryl/α,β-unsaturated/α-hetero) is 1. The van der Waals surface area contributed by atoms with Gasteiger partial charge in [-0.3, -0.25) is 4.79 Å². The number of carbonyl (C=O) groups excluding carboxylic acids is 1. The molecule has 0 amide bonds. The fourth-order valence-corrected chi connectivity index (χ4v) is 2.77. The smallest absolute Gasteiger partial charge is 0.191 e. The summed E-state index contributed by atoms with van der Waals surface area (Å²) >= 11 is 6.52. The Morgan fingerprint density at radius 2 is 1.75 bits per heavy atom. The molecule has 0 spiro atoms. The van der Waals surface area contributed by atoms with Crippen LogP contribution in [0.5, 0.6) is 5.75 Å². The highest BCUT2D eigenvalue weighted by molar-refractivity contribution is 6.39. The van der Waals surface area contributed by atoms with E-state index in [1.165, 1.54) is 0 Å². The minimum atomic E-state index is -1.09. The predicted octanol–water partition coefficient (Wildman–Crippen LogP) is 4.31. The van der Waals surface area contributed by atoms with E-state index >= 15 is 0 Å². The Bertz CT molecular complexity index is 659. The zero-order valence-corrected chi connectivity index (χ0v) is 12.1. The fourth-order valence-electron chi connectivity index (χ4n) is 2.50. The number of hydrogen-bond donors (Lipinski definition) is 0. The molecule has 0 aromatic heterocycles. The zero-order chi connectivity index (χ0) is 14.3. The van der Waals surface area contributed by atoms with Gasteiger partial charge in [-0.1, -0.05) is 42.0 Å². The van der Waals surface area contributed by atoms with Gasteiger partial charge in [-0.05, 0) is 31.5 Å². The summed E-state index contributed by atoms with van der Waals surface area (Å²) in [6, 6.07) is 15.1. The number of alkyl halides is 1. The lowest BCUT2D eigenvalue weighted by atomic mass is 9.86. The molecule has 2 nitrogen and oxygen atoms in total. The molecule has 0 aliphatic carbocycles. The van der Waals surface area contributed by atoms with E-state index in [0.717, 1.165) is 11.1 Å². The topological polar surface area (TPSA) is 26.3 Å². The van der Waals surface area contributed by atoms with Gasteiger partial charge in [-0.2, -0.15) is 0 Å². The summed E-state index contributed by atoms with van der Waals surface area (Å²) in [7, 11) is 0. The van der Waals surface area contributed by atoms with E-state index in [1.807, 2.05) is 43.3 Å². The molecule has 1 heterocycles. The van der Waals surface area contributed by atoms with E-state index in [9.17, 15) is 4.79 Å². The molecule has 3 heteroatoms. The first-order chi connectivity index (χ1) is 9.50. The highest BCUT2D eigenvalue weighted by Gasteiger charge is 2.47. The molecular formula is C17H15ClO2. The number of benzene rings is 2. The van der Waals surface area contributed by atoms with Crippen molar-refractivity contribution >= 4 is 17.4 Å². The average molecular weight is 287 g/mol. The average Bonchev–Trinajstić information content (AvgIpc) is 2.44. The molecule has 3 rings (SSSR count). The Morgan fingerprint density at radius 1 is 1.10 bits per heavy atom. The van der Waals surface area contributed by atoms with Crippen molar-refractivity contribution in [3.8, 4) is 5.75 Å². The van der Waals surface area contributed by atoms with Gasteiger partial charge in [-0.15, -0.1) is 11.6 Å². The minimum Gasteiger partial charge on any atom is -0.483 e. The number of rotatable bonds is 1. The van der Waals surface area contributed by atoms with Crippen molar-refractivity contribution in [2.24, 2.45) is 0 Å². The van der Waals surface area contributed by atoms with Crippen molar-refractivity contribution in [1.82, 2.24) is 0 Å². The van der Waals surface area contributed by atoms with Crippen molar-refractivity contribution in [2.75, 3.05) is 0 Å². The molecule has 0 bridgehead atoms. The van der Waals surface area contributed by atoms with Crippen molar-refractivity contribution in [3.63, 3.8) is 0 Å². The first-order valence-corrected chi connectivity index (χ1v) is 6.94. The summed E-state index contributed by atoms with van der Waals surface area (Å²) in [4.78, 5) is 11.5. The Labute approximate surface area is 123 Å². The molecule has 0 radical (unpaired) electrons. The molecule has 0 saturated heterocycles. The van der Waals surface area contributed by atoms with Crippen LogP contribution in [-0.4, -0.2) is 10.7 Å². The van der Waals surface area contributed by atoms with E-state index in [2.05, 4.69) is 0 Å². The van der Waals surface area contributed by atoms with Crippen LogP contribution < -0.4 is 4.74 Å². The summed E-state index contributed by atoms with van der Waals surface area (Å²) in [6.07, 6.45) is -0.479. The van der Waals surface area contributed by atoms with Gasteiger partial charge in [0.15, 0.2) is 5.78 Å². The molecule has 0 saturated carbocycles. The van der Waals surface area contributed by atoms with Crippen LogP contribution in [0.25, 0.3) is 0 Å². The Kier molecular flexibility index (Phi) is 3.06. The monoisotopic (exact) mass is 286 g/mol. The first kappa shape index (κ1) is 13.2. The second kappa shape index (κ2) is 4.64. The molecule has 102 valence electrons. The van der Waals surface area contributed by atoms with Gasteiger partial charge in [0.05, 0.1) is 5.56 Å². The standard InChI is InChI=1S/C17H15ClO2/c1-11-7-9-12(10-8-11)16-17(2,18)15(19)13-5-3-4-6-14(13)20-16/h3-10,16H,1-2H3/t16-,17+/m1/s1. The van der Waals surface area contributed by atoms with Crippen LogP contribution in [0.1, 0.15) is 34.5 Å². The number of carbonyl (C=O) groups is 1. The summed E-state index contributed by atoms with van der Waals surface area (Å²) in [5.41, 5.74) is 2.62. The van der Waals surface area contributed by atoms with Gasteiger partial charge in [-0.25, -0.2) is 0 Å². The summed E-state index contributed by atoms with van der Waals surface area (Å²) in [5.74, 6) is 0.507. The third-order valence-corrected chi connectivity index (χ3v) is 4.06. The number of fused-ring (bicyclic) bond motifs is 1.